The number of rotatable bonds is 6. The van der Waals surface area contributed by atoms with Gasteiger partial charge < -0.3 is 14.0 Å². The number of imidazole rings is 1. The molecule has 142 valence electrons. The molecule has 27 heavy (non-hydrogen) atoms. The van der Waals surface area contributed by atoms with Gasteiger partial charge in [0.2, 0.25) is 10.0 Å². The van der Waals surface area contributed by atoms with Crippen LogP contribution in [0.4, 0.5) is 0 Å². The minimum Gasteiger partial charge on any atom is -0.493 e. The van der Waals surface area contributed by atoms with Gasteiger partial charge in [-0.2, -0.15) is 0 Å². The van der Waals surface area contributed by atoms with E-state index in [0.717, 1.165) is 32.9 Å². The first kappa shape index (κ1) is 18.9. The van der Waals surface area contributed by atoms with Crippen LogP contribution >= 0.6 is 0 Å². The largest absolute Gasteiger partial charge is 0.493 e. The monoisotopic (exact) mass is 388 g/mol. The number of pyridine rings is 1. The number of primary sulfonamides is 1. The van der Waals surface area contributed by atoms with Gasteiger partial charge in [-0.3, -0.25) is 4.98 Å². The van der Waals surface area contributed by atoms with E-state index in [1.807, 2.05) is 23.6 Å². The molecule has 0 saturated carbocycles. The van der Waals surface area contributed by atoms with E-state index in [-0.39, 0.29) is 0 Å². The number of fused-ring (bicyclic) bond motifs is 3. The Kier molecular flexibility index (Phi) is 5.15. The molecule has 0 bridgehead atoms. The van der Waals surface area contributed by atoms with Gasteiger partial charge >= 0.3 is 0 Å². The SMILES string of the molecule is COc1cc2ncc3ncn(C/C(C)=C/C=C/S(N)(=O)=O)c3c2cc1OC. The molecule has 0 spiro atoms. The van der Waals surface area contributed by atoms with E-state index in [0.29, 0.717) is 18.0 Å². The Bertz CT molecular complexity index is 1160. The van der Waals surface area contributed by atoms with Crippen LogP contribution in [0, 0.1) is 0 Å². The van der Waals surface area contributed by atoms with Crippen LogP contribution in [-0.4, -0.2) is 37.2 Å². The maximum Gasteiger partial charge on any atom is 0.231 e. The molecular weight excluding hydrogens is 368 g/mol. The second-order valence-corrected chi connectivity index (χ2v) is 7.47. The molecule has 8 nitrogen and oxygen atoms in total. The van der Waals surface area contributed by atoms with Crippen molar-refractivity contribution in [1.29, 1.82) is 0 Å². The summed E-state index contributed by atoms with van der Waals surface area (Å²) in [6.07, 6.45) is 6.55. The van der Waals surface area contributed by atoms with E-state index in [1.165, 1.54) is 6.08 Å². The molecule has 0 amide bonds. The number of sulfonamides is 1. The number of benzene rings is 1. The van der Waals surface area contributed by atoms with Gasteiger partial charge in [0.25, 0.3) is 0 Å². The molecule has 0 saturated heterocycles. The molecular formula is C18H20N4O4S. The second-order valence-electron chi connectivity index (χ2n) is 6.02. The summed E-state index contributed by atoms with van der Waals surface area (Å²) >= 11 is 0. The average Bonchev–Trinajstić information content (AvgIpc) is 3.02. The number of ether oxygens (including phenoxy) is 2. The van der Waals surface area contributed by atoms with Crippen molar-refractivity contribution in [2.24, 2.45) is 5.14 Å². The van der Waals surface area contributed by atoms with Crippen molar-refractivity contribution in [3.8, 4) is 11.5 Å². The normalized spacial score (nSPS) is 13.0. The van der Waals surface area contributed by atoms with E-state index in [4.69, 9.17) is 14.6 Å². The van der Waals surface area contributed by atoms with Crippen LogP contribution in [0.1, 0.15) is 6.92 Å². The second kappa shape index (κ2) is 7.37. The molecule has 0 radical (unpaired) electrons. The van der Waals surface area contributed by atoms with Crippen molar-refractivity contribution in [2.75, 3.05) is 14.2 Å². The molecule has 2 N–H and O–H groups in total. The zero-order chi connectivity index (χ0) is 19.6. The minimum atomic E-state index is -3.64. The molecule has 0 aliphatic heterocycles. The number of allylic oxidation sites excluding steroid dienone is 3. The summed E-state index contributed by atoms with van der Waals surface area (Å²) in [5.41, 5.74) is 3.35. The lowest BCUT2D eigenvalue weighted by Gasteiger charge is -2.11. The van der Waals surface area contributed by atoms with E-state index in [9.17, 15) is 8.42 Å². The summed E-state index contributed by atoms with van der Waals surface area (Å²) in [5, 5.41) is 6.80. The third-order valence-electron chi connectivity index (χ3n) is 4.02. The predicted octanol–water partition coefficient (Wildman–Crippen LogP) is 2.35. The quantitative estimate of drug-likeness (QED) is 0.649. The Morgan fingerprint density at radius 1 is 1.19 bits per heavy atom. The first-order chi connectivity index (χ1) is 12.8. The molecule has 0 aliphatic carbocycles. The van der Waals surface area contributed by atoms with Gasteiger partial charge in [-0.15, -0.1) is 0 Å². The van der Waals surface area contributed by atoms with Crippen LogP contribution in [0.2, 0.25) is 0 Å². The Hall–Kier alpha value is -2.91. The Morgan fingerprint density at radius 2 is 1.89 bits per heavy atom. The fraction of sp³-hybridized carbons (Fsp3) is 0.222. The van der Waals surface area contributed by atoms with Crippen LogP contribution in [0.3, 0.4) is 0 Å². The van der Waals surface area contributed by atoms with Crippen molar-refractivity contribution in [3.63, 3.8) is 0 Å². The number of hydrogen-bond acceptors (Lipinski definition) is 6. The van der Waals surface area contributed by atoms with Crippen molar-refractivity contribution in [1.82, 2.24) is 14.5 Å². The van der Waals surface area contributed by atoms with Gasteiger partial charge in [-0.05, 0) is 19.1 Å². The predicted molar refractivity (Wildman–Crippen MR) is 104 cm³/mol. The van der Waals surface area contributed by atoms with Crippen molar-refractivity contribution in [3.05, 3.63) is 47.8 Å². The van der Waals surface area contributed by atoms with Crippen molar-refractivity contribution >= 4 is 32.0 Å². The molecule has 0 aliphatic rings. The standard InChI is InChI=1S/C18H20N4O4S/c1-12(5-4-6-27(19,23)24)10-22-11-21-15-9-20-14-8-17(26-3)16(25-2)7-13(14)18(15)22/h4-9,11H,10H2,1-3H3,(H2,19,23,24)/b6-4+,12-5+. The van der Waals surface area contributed by atoms with E-state index < -0.39 is 10.0 Å². The average molecular weight is 388 g/mol. The lowest BCUT2D eigenvalue weighted by atomic mass is 10.1. The lowest BCUT2D eigenvalue weighted by Crippen LogP contribution is -2.06. The summed E-state index contributed by atoms with van der Waals surface area (Å²) in [4.78, 5) is 8.85. The highest BCUT2D eigenvalue weighted by atomic mass is 32.2. The molecule has 1 aromatic carbocycles. The molecule has 0 unspecified atom stereocenters. The number of methoxy groups -OCH3 is 2. The van der Waals surface area contributed by atoms with Gasteiger partial charge in [0, 0.05) is 23.4 Å². The van der Waals surface area contributed by atoms with E-state index in [1.54, 1.807) is 32.8 Å². The van der Waals surface area contributed by atoms with Crippen LogP contribution < -0.4 is 14.6 Å². The topological polar surface area (TPSA) is 109 Å². The van der Waals surface area contributed by atoms with Crippen LogP contribution in [0.25, 0.3) is 21.9 Å². The molecule has 3 aromatic rings. The highest BCUT2D eigenvalue weighted by Gasteiger charge is 2.13. The molecule has 2 heterocycles. The van der Waals surface area contributed by atoms with Crippen LogP contribution in [0.5, 0.6) is 11.5 Å². The number of nitrogens with zero attached hydrogens (tertiary/aromatic N) is 3. The highest BCUT2D eigenvalue weighted by molar-refractivity contribution is 7.92. The van der Waals surface area contributed by atoms with Gasteiger partial charge in [0.15, 0.2) is 11.5 Å². The van der Waals surface area contributed by atoms with Crippen LogP contribution in [-0.2, 0) is 16.6 Å². The van der Waals surface area contributed by atoms with E-state index >= 15 is 0 Å². The third-order valence-corrected chi connectivity index (χ3v) is 4.55. The first-order valence-electron chi connectivity index (χ1n) is 8.04. The lowest BCUT2D eigenvalue weighted by molar-refractivity contribution is 0.356. The van der Waals surface area contributed by atoms with Crippen molar-refractivity contribution in [2.45, 2.75) is 13.5 Å². The first-order valence-corrected chi connectivity index (χ1v) is 9.65. The van der Waals surface area contributed by atoms with E-state index in [2.05, 4.69) is 9.97 Å². The Morgan fingerprint density at radius 3 is 2.56 bits per heavy atom. The fourth-order valence-corrected chi connectivity index (χ4v) is 3.13. The zero-order valence-electron chi connectivity index (χ0n) is 15.2. The summed E-state index contributed by atoms with van der Waals surface area (Å²) in [6, 6.07) is 3.70. The van der Waals surface area contributed by atoms with Crippen LogP contribution in [0.15, 0.2) is 47.8 Å². The van der Waals surface area contributed by atoms with Gasteiger partial charge in [0.1, 0.15) is 5.52 Å². The molecule has 9 heteroatoms. The smallest absolute Gasteiger partial charge is 0.231 e. The summed E-state index contributed by atoms with van der Waals surface area (Å²) in [5.74, 6) is 1.21. The zero-order valence-corrected chi connectivity index (χ0v) is 16.0. The summed E-state index contributed by atoms with van der Waals surface area (Å²) < 4.78 is 34.7. The maximum atomic E-state index is 11.0. The van der Waals surface area contributed by atoms with Gasteiger partial charge in [-0.1, -0.05) is 11.6 Å². The highest BCUT2D eigenvalue weighted by Crippen LogP contribution is 2.34. The summed E-state index contributed by atoms with van der Waals surface area (Å²) in [6.45, 7) is 2.42. The summed E-state index contributed by atoms with van der Waals surface area (Å²) in [7, 11) is -0.476. The fourth-order valence-electron chi connectivity index (χ4n) is 2.83. The van der Waals surface area contributed by atoms with Gasteiger partial charge in [0.05, 0.1) is 37.8 Å². The molecule has 0 fully saturated rings. The minimum absolute atomic E-state index is 0.527. The molecule has 2 aromatic heterocycles. The van der Waals surface area contributed by atoms with Gasteiger partial charge in [-0.25, -0.2) is 18.5 Å². The number of aromatic nitrogens is 3. The molecule has 0 atom stereocenters. The maximum absolute atomic E-state index is 11.0. The number of hydrogen-bond donors (Lipinski definition) is 1. The Labute approximate surface area is 157 Å². The molecule has 3 rings (SSSR count). The number of nitrogens with two attached hydrogens (primary N) is 1. The van der Waals surface area contributed by atoms with Crippen molar-refractivity contribution < 1.29 is 17.9 Å². The Balaban J connectivity index is 2.08. The third kappa shape index (κ3) is 4.09.